The largest absolute Gasteiger partial charge is 0.494 e. The predicted molar refractivity (Wildman–Crippen MR) is 42.5 cm³/mol. The molecule has 0 aliphatic rings. The summed E-state index contributed by atoms with van der Waals surface area (Å²) in [6.45, 7) is 0. The fraction of sp³-hybridized carbons (Fsp3) is 0.250. The summed E-state index contributed by atoms with van der Waals surface area (Å²) in [6, 6.07) is 2.01. The molecule has 0 radical (unpaired) electrons. The summed E-state index contributed by atoms with van der Waals surface area (Å²) in [6.07, 6.45) is 0. The summed E-state index contributed by atoms with van der Waals surface area (Å²) in [5, 5.41) is 0. The number of ether oxygens (including phenoxy) is 1. The molecular formula is C8H7ClF2O. The molecule has 0 atom stereocenters. The zero-order valence-electron chi connectivity index (χ0n) is 6.40. The van der Waals surface area contributed by atoms with Gasteiger partial charge in [0.25, 0.3) is 0 Å². The zero-order chi connectivity index (χ0) is 9.14. The van der Waals surface area contributed by atoms with Crippen molar-refractivity contribution >= 4 is 11.6 Å². The van der Waals surface area contributed by atoms with Crippen molar-refractivity contribution in [2.45, 2.75) is 5.88 Å². The highest BCUT2D eigenvalue weighted by Crippen LogP contribution is 2.21. The number of alkyl halides is 1. The van der Waals surface area contributed by atoms with E-state index < -0.39 is 11.6 Å². The lowest BCUT2D eigenvalue weighted by Crippen LogP contribution is -1.93. The molecule has 0 N–H and O–H groups in total. The number of rotatable bonds is 2. The van der Waals surface area contributed by atoms with Crippen molar-refractivity contribution in [2.75, 3.05) is 7.11 Å². The standard InChI is InChI=1S/C8H7ClF2O/c1-12-8-3-6(10)5(4-9)2-7(8)11/h2-3H,4H2,1H3. The van der Waals surface area contributed by atoms with Gasteiger partial charge in [-0.3, -0.25) is 0 Å². The van der Waals surface area contributed by atoms with Gasteiger partial charge in [0.15, 0.2) is 11.6 Å². The van der Waals surface area contributed by atoms with Crippen LogP contribution in [-0.4, -0.2) is 7.11 Å². The third-order valence-electron chi connectivity index (χ3n) is 1.46. The van der Waals surface area contributed by atoms with Crippen LogP contribution in [0.5, 0.6) is 5.75 Å². The Kier molecular flexibility index (Phi) is 2.87. The molecule has 0 bridgehead atoms. The van der Waals surface area contributed by atoms with Crippen LogP contribution in [-0.2, 0) is 5.88 Å². The third kappa shape index (κ3) is 1.67. The Balaban J connectivity index is 3.16. The Hall–Kier alpha value is -0.830. The minimum atomic E-state index is -0.602. The van der Waals surface area contributed by atoms with Gasteiger partial charge in [0.1, 0.15) is 5.82 Å². The molecule has 0 unspecified atom stereocenters. The predicted octanol–water partition coefficient (Wildman–Crippen LogP) is 2.71. The summed E-state index contributed by atoms with van der Waals surface area (Å²) in [4.78, 5) is 0. The molecule has 12 heavy (non-hydrogen) atoms. The molecule has 0 aromatic heterocycles. The monoisotopic (exact) mass is 192 g/mol. The van der Waals surface area contributed by atoms with Crippen molar-refractivity contribution in [3.05, 3.63) is 29.3 Å². The fourth-order valence-electron chi connectivity index (χ4n) is 0.829. The van der Waals surface area contributed by atoms with Gasteiger partial charge in [-0.1, -0.05) is 0 Å². The minimum Gasteiger partial charge on any atom is -0.494 e. The number of hydrogen-bond acceptors (Lipinski definition) is 1. The van der Waals surface area contributed by atoms with Crippen molar-refractivity contribution in [3.8, 4) is 5.75 Å². The second kappa shape index (κ2) is 3.72. The first-order valence-corrected chi connectivity index (χ1v) is 3.80. The normalized spacial score (nSPS) is 10.0. The van der Waals surface area contributed by atoms with Gasteiger partial charge in [-0.25, -0.2) is 8.78 Å². The van der Waals surface area contributed by atoms with Crippen LogP contribution in [0.2, 0.25) is 0 Å². The van der Waals surface area contributed by atoms with E-state index in [0.29, 0.717) is 0 Å². The molecule has 1 aromatic rings. The Labute approximate surface area is 73.9 Å². The minimum absolute atomic E-state index is 0.0489. The van der Waals surface area contributed by atoms with Crippen LogP contribution < -0.4 is 4.74 Å². The van der Waals surface area contributed by atoms with Gasteiger partial charge in [-0.2, -0.15) is 0 Å². The highest BCUT2D eigenvalue weighted by Gasteiger charge is 2.08. The summed E-state index contributed by atoms with van der Waals surface area (Å²) in [5.74, 6) is -1.31. The lowest BCUT2D eigenvalue weighted by atomic mass is 10.2. The van der Waals surface area contributed by atoms with E-state index in [-0.39, 0.29) is 17.2 Å². The summed E-state index contributed by atoms with van der Waals surface area (Å²) >= 11 is 5.35. The van der Waals surface area contributed by atoms with Crippen LogP contribution in [0, 0.1) is 11.6 Å². The summed E-state index contributed by atoms with van der Waals surface area (Å²) in [7, 11) is 1.28. The molecule has 1 rings (SSSR count). The number of hydrogen-bond donors (Lipinski definition) is 0. The number of halogens is 3. The number of benzene rings is 1. The third-order valence-corrected chi connectivity index (χ3v) is 1.75. The van der Waals surface area contributed by atoms with Gasteiger partial charge in [0.2, 0.25) is 0 Å². The molecule has 0 saturated heterocycles. The maximum atomic E-state index is 12.9. The molecule has 0 fully saturated rings. The number of methoxy groups -OCH3 is 1. The smallest absolute Gasteiger partial charge is 0.165 e. The average molecular weight is 193 g/mol. The maximum Gasteiger partial charge on any atom is 0.165 e. The van der Waals surface area contributed by atoms with Crippen LogP contribution in [0.15, 0.2) is 12.1 Å². The SMILES string of the molecule is COc1cc(F)c(CCl)cc1F. The van der Waals surface area contributed by atoms with Crippen LogP contribution in [0.25, 0.3) is 0 Å². The fourth-order valence-corrected chi connectivity index (χ4v) is 1.03. The van der Waals surface area contributed by atoms with E-state index in [1.165, 1.54) is 7.11 Å². The average Bonchev–Trinajstić information content (AvgIpc) is 2.08. The molecule has 0 saturated carbocycles. The lowest BCUT2D eigenvalue weighted by Gasteiger charge is -2.03. The highest BCUT2D eigenvalue weighted by atomic mass is 35.5. The molecule has 0 spiro atoms. The van der Waals surface area contributed by atoms with Crippen molar-refractivity contribution in [2.24, 2.45) is 0 Å². The molecule has 0 heterocycles. The topological polar surface area (TPSA) is 9.23 Å². The molecular weight excluding hydrogens is 186 g/mol. The molecule has 4 heteroatoms. The van der Waals surface area contributed by atoms with Gasteiger partial charge in [-0.05, 0) is 6.07 Å². The van der Waals surface area contributed by atoms with Crippen LogP contribution in [0.1, 0.15) is 5.56 Å². The van der Waals surface area contributed by atoms with E-state index in [1.807, 2.05) is 0 Å². The second-order valence-corrected chi connectivity index (χ2v) is 2.48. The molecule has 1 aromatic carbocycles. The second-order valence-electron chi connectivity index (χ2n) is 2.21. The summed E-state index contributed by atoms with van der Waals surface area (Å²) in [5.41, 5.74) is 0.134. The van der Waals surface area contributed by atoms with E-state index in [9.17, 15) is 8.78 Å². The first kappa shape index (κ1) is 9.26. The first-order chi connectivity index (χ1) is 5.69. The van der Waals surface area contributed by atoms with Crippen molar-refractivity contribution < 1.29 is 13.5 Å². The lowest BCUT2D eigenvalue weighted by molar-refractivity contribution is 0.382. The van der Waals surface area contributed by atoms with E-state index in [0.717, 1.165) is 12.1 Å². The van der Waals surface area contributed by atoms with Gasteiger partial charge in [-0.15, -0.1) is 11.6 Å². The van der Waals surface area contributed by atoms with Crippen molar-refractivity contribution in [1.29, 1.82) is 0 Å². The Morgan fingerprint density at radius 1 is 1.33 bits per heavy atom. The summed E-state index contributed by atoms with van der Waals surface area (Å²) < 4.78 is 30.3. The van der Waals surface area contributed by atoms with E-state index in [4.69, 9.17) is 11.6 Å². The van der Waals surface area contributed by atoms with Gasteiger partial charge in [0, 0.05) is 11.6 Å². The molecule has 1 nitrogen and oxygen atoms in total. The maximum absolute atomic E-state index is 12.9. The Bertz CT molecular complexity index is 259. The Morgan fingerprint density at radius 3 is 2.50 bits per heavy atom. The molecule has 66 valence electrons. The molecule has 0 amide bonds. The van der Waals surface area contributed by atoms with E-state index >= 15 is 0 Å². The highest BCUT2D eigenvalue weighted by molar-refractivity contribution is 6.17. The van der Waals surface area contributed by atoms with E-state index in [2.05, 4.69) is 4.74 Å². The first-order valence-electron chi connectivity index (χ1n) is 3.27. The van der Waals surface area contributed by atoms with Gasteiger partial charge < -0.3 is 4.74 Å². The van der Waals surface area contributed by atoms with Crippen LogP contribution in [0.4, 0.5) is 8.78 Å². The zero-order valence-corrected chi connectivity index (χ0v) is 7.16. The molecule has 0 aliphatic carbocycles. The van der Waals surface area contributed by atoms with Crippen LogP contribution in [0.3, 0.4) is 0 Å². The quantitative estimate of drug-likeness (QED) is 0.655. The van der Waals surface area contributed by atoms with Crippen molar-refractivity contribution in [3.63, 3.8) is 0 Å². The van der Waals surface area contributed by atoms with Crippen LogP contribution >= 0.6 is 11.6 Å². The van der Waals surface area contributed by atoms with Gasteiger partial charge in [0.05, 0.1) is 13.0 Å². The van der Waals surface area contributed by atoms with E-state index in [1.54, 1.807) is 0 Å². The van der Waals surface area contributed by atoms with Crippen molar-refractivity contribution in [1.82, 2.24) is 0 Å². The molecule has 0 aliphatic heterocycles. The Morgan fingerprint density at radius 2 is 2.00 bits per heavy atom. The van der Waals surface area contributed by atoms with Gasteiger partial charge >= 0.3 is 0 Å².